The first-order valence-electron chi connectivity index (χ1n) is 17.8. The lowest BCUT2D eigenvalue weighted by molar-refractivity contribution is 0.669. The van der Waals surface area contributed by atoms with Crippen LogP contribution in [-0.2, 0) is 0 Å². The second-order valence-electron chi connectivity index (χ2n) is 13.3. The fourth-order valence-corrected chi connectivity index (χ4v) is 7.89. The van der Waals surface area contributed by atoms with Crippen LogP contribution in [0.5, 0.6) is 0 Å². The van der Waals surface area contributed by atoms with Gasteiger partial charge in [-0.25, -0.2) is 0 Å². The molecular formula is C50H33NO. The summed E-state index contributed by atoms with van der Waals surface area (Å²) in [4.78, 5) is 2.42. The molecular weight excluding hydrogens is 631 g/mol. The van der Waals surface area contributed by atoms with E-state index in [2.05, 4.69) is 193 Å². The highest BCUT2D eigenvalue weighted by atomic mass is 16.3. The Kier molecular flexibility index (Phi) is 7.18. The molecule has 0 bridgehead atoms. The van der Waals surface area contributed by atoms with Gasteiger partial charge in [-0.15, -0.1) is 0 Å². The van der Waals surface area contributed by atoms with E-state index in [9.17, 15) is 0 Å². The van der Waals surface area contributed by atoms with Crippen LogP contribution in [0.2, 0.25) is 0 Å². The topological polar surface area (TPSA) is 16.4 Å². The van der Waals surface area contributed by atoms with Gasteiger partial charge in [0.15, 0.2) is 0 Å². The lowest BCUT2D eigenvalue weighted by atomic mass is 9.90. The number of furan rings is 1. The van der Waals surface area contributed by atoms with Gasteiger partial charge in [-0.2, -0.15) is 0 Å². The van der Waals surface area contributed by atoms with Crippen LogP contribution in [0.1, 0.15) is 0 Å². The molecule has 2 heteroatoms. The zero-order valence-electron chi connectivity index (χ0n) is 28.4. The third kappa shape index (κ3) is 5.04. The lowest BCUT2D eigenvalue weighted by Crippen LogP contribution is -2.11. The summed E-state index contributed by atoms with van der Waals surface area (Å²) in [6.07, 6.45) is 0. The molecule has 0 N–H and O–H groups in total. The molecule has 0 amide bonds. The molecule has 0 unspecified atom stereocenters. The van der Waals surface area contributed by atoms with Crippen LogP contribution >= 0.6 is 0 Å². The second-order valence-corrected chi connectivity index (χ2v) is 13.3. The highest BCUT2D eigenvalue weighted by Gasteiger charge is 2.21. The highest BCUT2D eigenvalue weighted by Crippen LogP contribution is 2.46. The molecule has 10 rings (SSSR count). The Bertz CT molecular complexity index is 2910. The summed E-state index contributed by atoms with van der Waals surface area (Å²) >= 11 is 0. The molecule has 0 atom stereocenters. The number of nitrogens with zero attached hydrogens (tertiary/aromatic N) is 1. The predicted molar refractivity (Wildman–Crippen MR) is 220 cm³/mol. The van der Waals surface area contributed by atoms with Gasteiger partial charge in [0.1, 0.15) is 11.2 Å². The molecule has 0 aliphatic heterocycles. The maximum absolute atomic E-state index is 6.30. The maximum atomic E-state index is 6.30. The van der Waals surface area contributed by atoms with Gasteiger partial charge in [0.25, 0.3) is 0 Å². The minimum absolute atomic E-state index is 0.894. The zero-order valence-corrected chi connectivity index (χ0v) is 28.4. The molecule has 0 spiro atoms. The Morgan fingerprint density at radius 2 is 0.923 bits per heavy atom. The molecule has 1 aromatic heterocycles. The Morgan fingerprint density at radius 3 is 1.81 bits per heavy atom. The first-order chi connectivity index (χ1) is 25.8. The van der Waals surface area contributed by atoms with Gasteiger partial charge in [0.2, 0.25) is 0 Å². The molecule has 1 heterocycles. The average molecular weight is 664 g/mol. The first-order valence-corrected chi connectivity index (χ1v) is 17.8. The number of hydrogen-bond donors (Lipinski definition) is 0. The van der Waals surface area contributed by atoms with Crippen LogP contribution < -0.4 is 4.90 Å². The molecule has 9 aromatic carbocycles. The summed E-state index contributed by atoms with van der Waals surface area (Å²) in [7, 11) is 0. The van der Waals surface area contributed by atoms with Gasteiger partial charge in [-0.1, -0.05) is 158 Å². The maximum Gasteiger partial charge on any atom is 0.136 e. The van der Waals surface area contributed by atoms with E-state index in [0.717, 1.165) is 55.7 Å². The number of hydrogen-bond acceptors (Lipinski definition) is 2. The Hall–Kier alpha value is -6.90. The van der Waals surface area contributed by atoms with Crippen molar-refractivity contribution in [3.8, 4) is 33.4 Å². The molecule has 10 aromatic rings. The summed E-state index contributed by atoms with van der Waals surface area (Å²) in [6, 6.07) is 71.8. The molecule has 0 aliphatic carbocycles. The van der Waals surface area contributed by atoms with Crippen LogP contribution in [0, 0.1) is 0 Å². The number of para-hydroxylation sites is 2. The van der Waals surface area contributed by atoms with Gasteiger partial charge in [-0.3, -0.25) is 0 Å². The fourth-order valence-electron chi connectivity index (χ4n) is 7.89. The number of rotatable bonds is 6. The van der Waals surface area contributed by atoms with E-state index in [-0.39, 0.29) is 0 Å². The number of anilines is 3. The summed E-state index contributed by atoms with van der Waals surface area (Å²) in [5.41, 5.74) is 12.2. The third-order valence-corrected chi connectivity index (χ3v) is 10.2. The zero-order chi connectivity index (χ0) is 34.4. The lowest BCUT2D eigenvalue weighted by Gasteiger charge is -2.29. The van der Waals surface area contributed by atoms with E-state index < -0.39 is 0 Å². The van der Waals surface area contributed by atoms with Crippen LogP contribution in [0.4, 0.5) is 17.1 Å². The van der Waals surface area contributed by atoms with Gasteiger partial charge >= 0.3 is 0 Å². The standard InChI is InChI=1S/C50H33NO/c1-2-15-35(16-3-1)41-24-11-18-36-19-12-26-44(49(36)41)43-22-6-8-27-46(43)51(40-31-30-34-14-4-5-17-37(34)32-40)39-21-10-20-38(33-39)42-25-13-29-48-50(42)45-23-7-9-28-47(45)52-48/h1-33H. The van der Waals surface area contributed by atoms with E-state index in [1.165, 1.54) is 38.2 Å². The first kappa shape index (κ1) is 30.0. The monoisotopic (exact) mass is 663 g/mol. The predicted octanol–water partition coefficient (Wildman–Crippen LogP) is 14.4. The van der Waals surface area contributed by atoms with Crippen LogP contribution in [-0.4, -0.2) is 0 Å². The van der Waals surface area contributed by atoms with Crippen molar-refractivity contribution in [3.63, 3.8) is 0 Å². The largest absolute Gasteiger partial charge is 0.456 e. The van der Waals surface area contributed by atoms with Gasteiger partial charge in [-0.05, 0) is 91.8 Å². The van der Waals surface area contributed by atoms with Crippen molar-refractivity contribution in [2.24, 2.45) is 0 Å². The van der Waals surface area contributed by atoms with Crippen molar-refractivity contribution in [2.75, 3.05) is 4.90 Å². The van der Waals surface area contributed by atoms with Gasteiger partial charge < -0.3 is 9.32 Å². The Balaban J connectivity index is 1.22. The second kappa shape index (κ2) is 12.5. The molecule has 0 saturated heterocycles. The van der Waals surface area contributed by atoms with Gasteiger partial charge in [0, 0.05) is 27.7 Å². The van der Waals surface area contributed by atoms with Crippen molar-refractivity contribution in [2.45, 2.75) is 0 Å². The molecule has 0 fully saturated rings. The minimum atomic E-state index is 0.894. The van der Waals surface area contributed by atoms with Gasteiger partial charge in [0.05, 0.1) is 5.69 Å². The fraction of sp³-hybridized carbons (Fsp3) is 0. The van der Waals surface area contributed by atoms with Crippen LogP contribution in [0.15, 0.2) is 205 Å². The SMILES string of the molecule is c1ccc(-c2cccc3cccc(-c4ccccc4N(c4cccc(-c5cccc6oc7ccccc7c56)c4)c4ccc5ccccc5c4)c23)cc1. The van der Waals surface area contributed by atoms with Crippen molar-refractivity contribution in [1.82, 2.24) is 0 Å². The number of benzene rings is 9. The smallest absolute Gasteiger partial charge is 0.136 e. The Morgan fingerprint density at radius 1 is 0.327 bits per heavy atom. The number of fused-ring (bicyclic) bond motifs is 5. The van der Waals surface area contributed by atoms with E-state index in [1.807, 2.05) is 12.1 Å². The van der Waals surface area contributed by atoms with E-state index in [4.69, 9.17) is 4.42 Å². The van der Waals surface area contributed by atoms with E-state index in [0.29, 0.717) is 0 Å². The summed E-state index contributed by atoms with van der Waals surface area (Å²) < 4.78 is 6.30. The van der Waals surface area contributed by atoms with Crippen molar-refractivity contribution in [3.05, 3.63) is 200 Å². The Labute approximate surface area is 302 Å². The average Bonchev–Trinajstić information content (AvgIpc) is 3.60. The third-order valence-electron chi connectivity index (χ3n) is 10.2. The quantitative estimate of drug-likeness (QED) is 0.176. The van der Waals surface area contributed by atoms with Crippen molar-refractivity contribution >= 4 is 60.5 Å². The molecule has 244 valence electrons. The van der Waals surface area contributed by atoms with Crippen molar-refractivity contribution < 1.29 is 4.42 Å². The minimum Gasteiger partial charge on any atom is -0.456 e. The summed E-state index contributed by atoms with van der Waals surface area (Å²) in [5.74, 6) is 0. The van der Waals surface area contributed by atoms with E-state index >= 15 is 0 Å². The van der Waals surface area contributed by atoms with Crippen LogP contribution in [0.25, 0.3) is 76.9 Å². The van der Waals surface area contributed by atoms with Crippen molar-refractivity contribution in [1.29, 1.82) is 0 Å². The molecule has 2 nitrogen and oxygen atoms in total. The summed E-state index contributed by atoms with van der Waals surface area (Å²) in [6.45, 7) is 0. The molecule has 0 saturated carbocycles. The van der Waals surface area contributed by atoms with E-state index in [1.54, 1.807) is 0 Å². The molecule has 0 aliphatic rings. The van der Waals surface area contributed by atoms with Crippen LogP contribution in [0.3, 0.4) is 0 Å². The summed E-state index contributed by atoms with van der Waals surface area (Å²) in [5, 5.41) is 7.14. The highest BCUT2D eigenvalue weighted by molar-refractivity contribution is 6.13. The molecule has 52 heavy (non-hydrogen) atoms. The molecule has 0 radical (unpaired) electrons. The normalized spacial score (nSPS) is 11.5.